The van der Waals surface area contributed by atoms with Gasteiger partial charge in [-0.25, -0.2) is 4.98 Å². The molecule has 36 heavy (non-hydrogen) atoms. The molecular weight excluding hydrogens is 494 g/mol. The molecule has 9 nitrogen and oxygen atoms in total. The maximum absolute atomic E-state index is 12.5. The Kier molecular flexibility index (Phi) is 7.29. The van der Waals surface area contributed by atoms with Crippen molar-refractivity contribution in [3.63, 3.8) is 0 Å². The second-order valence-electron chi connectivity index (χ2n) is 7.51. The summed E-state index contributed by atoms with van der Waals surface area (Å²) in [6, 6.07) is 15.3. The van der Waals surface area contributed by atoms with E-state index in [0.29, 0.717) is 34.7 Å². The highest BCUT2D eigenvalue weighted by molar-refractivity contribution is 7.98. The Morgan fingerprint density at radius 3 is 2.72 bits per heavy atom. The third-order valence-corrected chi connectivity index (χ3v) is 7.15. The Morgan fingerprint density at radius 1 is 1.06 bits per heavy atom. The van der Waals surface area contributed by atoms with Gasteiger partial charge in [-0.2, -0.15) is 0 Å². The first-order valence-corrected chi connectivity index (χ1v) is 12.8. The molecule has 1 aromatic carbocycles. The molecule has 5 rings (SSSR count). The van der Waals surface area contributed by atoms with Gasteiger partial charge in [-0.3, -0.25) is 19.3 Å². The van der Waals surface area contributed by atoms with Crippen LogP contribution in [0.3, 0.4) is 0 Å². The third kappa shape index (κ3) is 5.26. The minimum atomic E-state index is -0.219. The summed E-state index contributed by atoms with van der Waals surface area (Å²) in [5.74, 6) is 1.70. The number of carbonyl (C=O) groups is 1. The molecule has 0 bridgehead atoms. The molecule has 1 N–H and O–H groups in total. The molecule has 0 unspecified atom stereocenters. The predicted octanol–water partition coefficient (Wildman–Crippen LogP) is 4.41. The SMILES string of the molecule is COc1ccccc1-n1c(SCc2nc(C(=O)NCc3cccnc3)cs2)nnc1-c1ccncc1. The van der Waals surface area contributed by atoms with Gasteiger partial charge >= 0.3 is 0 Å². The number of hydrogen-bond acceptors (Lipinski definition) is 9. The topological polar surface area (TPSA) is 108 Å². The number of rotatable bonds is 9. The van der Waals surface area contributed by atoms with Crippen LogP contribution in [-0.2, 0) is 12.3 Å². The number of nitrogens with one attached hydrogen (secondary N) is 1. The fourth-order valence-electron chi connectivity index (χ4n) is 3.47. The van der Waals surface area contributed by atoms with E-state index in [1.807, 2.05) is 53.1 Å². The van der Waals surface area contributed by atoms with Gasteiger partial charge < -0.3 is 10.1 Å². The fraction of sp³-hybridized carbons (Fsp3) is 0.120. The molecule has 0 saturated carbocycles. The Bertz CT molecular complexity index is 1460. The highest BCUT2D eigenvalue weighted by atomic mass is 32.2. The first kappa shape index (κ1) is 23.6. The minimum Gasteiger partial charge on any atom is -0.495 e. The summed E-state index contributed by atoms with van der Waals surface area (Å²) in [6.45, 7) is 0.397. The fourth-order valence-corrected chi connectivity index (χ4v) is 5.20. The molecular formula is C25H21N7O2S2. The van der Waals surface area contributed by atoms with Crippen molar-refractivity contribution in [3.05, 3.63) is 95.0 Å². The standard InChI is InChI=1S/C25H21N7O2S2/c1-34-21-7-3-2-6-20(21)32-23(18-8-11-26-12-9-18)30-31-25(32)36-16-22-29-19(15-35-22)24(33)28-14-17-5-4-10-27-13-17/h2-13,15H,14,16H2,1H3,(H,28,33). The maximum Gasteiger partial charge on any atom is 0.271 e. The normalized spacial score (nSPS) is 10.8. The Labute approximate surface area is 215 Å². The molecule has 11 heteroatoms. The average Bonchev–Trinajstić information content (AvgIpc) is 3.59. The van der Waals surface area contributed by atoms with E-state index in [1.165, 1.54) is 23.1 Å². The predicted molar refractivity (Wildman–Crippen MR) is 138 cm³/mol. The van der Waals surface area contributed by atoms with Crippen LogP contribution in [0.15, 0.2) is 83.9 Å². The van der Waals surface area contributed by atoms with Crippen molar-refractivity contribution in [3.8, 4) is 22.8 Å². The number of carbonyl (C=O) groups excluding carboxylic acids is 1. The van der Waals surface area contributed by atoms with Crippen LogP contribution in [0.1, 0.15) is 21.1 Å². The number of aromatic nitrogens is 6. The molecule has 0 radical (unpaired) electrons. The molecule has 0 aliphatic heterocycles. The zero-order chi connectivity index (χ0) is 24.7. The number of ether oxygens (including phenoxy) is 1. The van der Waals surface area contributed by atoms with Crippen LogP contribution < -0.4 is 10.1 Å². The quantitative estimate of drug-likeness (QED) is 0.288. The lowest BCUT2D eigenvalue weighted by molar-refractivity contribution is 0.0946. The van der Waals surface area contributed by atoms with Crippen molar-refractivity contribution in [1.29, 1.82) is 0 Å². The third-order valence-electron chi connectivity index (χ3n) is 5.18. The van der Waals surface area contributed by atoms with E-state index in [9.17, 15) is 4.79 Å². The summed E-state index contributed by atoms with van der Waals surface area (Å²) in [7, 11) is 1.64. The lowest BCUT2D eigenvalue weighted by Crippen LogP contribution is -2.23. The van der Waals surface area contributed by atoms with Gasteiger partial charge in [0.05, 0.1) is 18.6 Å². The molecule has 0 saturated heterocycles. The van der Waals surface area contributed by atoms with Gasteiger partial charge in [-0.1, -0.05) is 30.0 Å². The Balaban J connectivity index is 1.35. The summed E-state index contributed by atoms with van der Waals surface area (Å²) in [5, 5.41) is 15.1. The molecule has 0 spiro atoms. The summed E-state index contributed by atoms with van der Waals surface area (Å²) in [4.78, 5) is 25.2. The number of thioether (sulfide) groups is 1. The first-order valence-electron chi connectivity index (χ1n) is 11.0. The summed E-state index contributed by atoms with van der Waals surface area (Å²) in [5.41, 5.74) is 3.03. The highest BCUT2D eigenvalue weighted by Gasteiger charge is 2.20. The lowest BCUT2D eigenvalue weighted by Gasteiger charge is -2.13. The van der Waals surface area contributed by atoms with Crippen LogP contribution in [0.2, 0.25) is 0 Å². The van der Waals surface area contributed by atoms with E-state index in [1.54, 1.807) is 37.3 Å². The number of hydrogen-bond donors (Lipinski definition) is 1. The van der Waals surface area contributed by atoms with Crippen LogP contribution >= 0.6 is 23.1 Å². The van der Waals surface area contributed by atoms with E-state index >= 15 is 0 Å². The van der Waals surface area contributed by atoms with Crippen molar-refractivity contribution in [2.24, 2.45) is 0 Å². The zero-order valence-corrected chi connectivity index (χ0v) is 20.9. The van der Waals surface area contributed by atoms with Crippen molar-refractivity contribution in [1.82, 2.24) is 35.0 Å². The molecule has 0 fully saturated rings. The smallest absolute Gasteiger partial charge is 0.271 e. The van der Waals surface area contributed by atoms with Gasteiger partial charge in [0.15, 0.2) is 11.0 Å². The van der Waals surface area contributed by atoms with E-state index < -0.39 is 0 Å². The van der Waals surface area contributed by atoms with E-state index in [2.05, 4.69) is 30.5 Å². The van der Waals surface area contributed by atoms with Crippen LogP contribution in [0.4, 0.5) is 0 Å². The first-order chi connectivity index (χ1) is 17.7. The van der Waals surface area contributed by atoms with Gasteiger partial charge in [0, 0.05) is 42.3 Å². The largest absolute Gasteiger partial charge is 0.495 e. The molecule has 4 aromatic heterocycles. The summed E-state index contributed by atoms with van der Waals surface area (Å²) < 4.78 is 7.57. The summed E-state index contributed by atoms with van der Waals surface area (Å²) >= 11 is 2.93. The number of amides is 1. The van der Waals surface area contributed by atoms with Gasteiger partial charge in [0.2, 0.25) is 0 Å². The number of methoxy groups -OCH3 is 1. The van der Waals surface area contributed by atoms with Crippen molar-refractivity contribution >= 4 is 29.0 Å². The van der Waals surface area contributed by atoms with Gasteiger partial charge in [0.25, 0.3) is 5.91 Å². The molecule has 1 amide bonds. The number of nitrogens with zero attached hydrogens (tertiary/aromatic N) is 6. The van der Waals surface area contributed by atoms with Crippen LogP contribution in [0.5, 0.6) is 5.75 Å². The van der Waals surface area contributed by atoms with Crippen molar-refractivity contribution in [2.45, 2.75) is 17.5 Å². The van der Waals surface area contributed by atoms with Crippen LogP contribution in [-0.4, -0.2) is 42.7 Å². The zero-order valence-electron chi connectivity index (χ0n) is 19.2. The molecule has 5 aromatic rings. The number of benzene rings is 1. The molecule has 0 aliphatic carbocycles. The molecule has 0 aliphatic rings. The van der Waals surface area contributed by atoms with E-state index in [4.69, 9.17) is 4.74 Å². The monoisotopic (exact) mass is 515 g/mol. The van der Waals surface area contributed by atoms with Crippen molar-refractivity contribution < 1.29 is 9.53 Å². The van der Waals surface area contributed by atoms with Crippen molar-refractivity contribution in [2.75, 3.05) is 7.11 Å². The number of thiazole rings is 1. The van der Waals surface area contributed by atoms with Crippen LogP contribution in [0, 0.1) is 0 Å². The lowest BCUT2D eigenvalue weighted by atomic mass is 10.2. The summed E-state index contributed by atoms with van der Waals surface area (Å²) in [6.07, 6.45) is 6.87. The molecule has 180 valence electrons. The Morgan fingerprint density at radius 2 is 1.92 bits per heavy atom. The van der Waals surface area contributed by atoms with E-state index in [-0.39, 0.29) is 5.91 Å². The highest BCUT2D eigenvalue weighted by Crippen LogP contribution is 2.33. The number of pyridine rings is 2. The maximum atomic E-state index is 12.5. The van der Waals surface area contributed by atoms with Gasteiger partial charge in [-0.15, -0.1) is 21.5 Å². The second kappa shape index (κ2) is 11.1. The number of para-hydroxylation sites is 2. The minimum absolute atomic E-state index is 0.219. The van der Waals surface area contributed by atoms with Gasteiger partial charge in [0.1, 0.15) is 16.5 Å². The van der Waals surface area contributed by atoms with Crippen LogP contribution in [0.25, 0.3) is 17.1 Å². The van der Waals surface area contributed by atoms with E-state index in [0.717, 1.165) is 21.8 Å². The molecule has 0 atom stereocenters. The molecule has 4 heterocycles. The average molecular weight is 516 g/mol. The second-order valence-corrected chi connectivity index (χ2v) is 9.39. The Hall–Kier alpha value is -4.09. The van der Waals surface area contributed by atoms with Gasteiger partial charge in [-0.05, 0) is 35.9 Å².